The zero-order valence-electron chi connectivity index (χ0n) is 9.95. The van der Waals surface area contributed by atoms with Crippen molar-refractivity contribution in [2.45, 2.75) is 39.7 Å². The molecule has 1 unspecified atom stereocenters. The van der Waals surface area contributed by atoms with Crippen LogP contribution in [0.25, 0.3) is 0 Å². The molecule has 0 saturated heterocycles. The van der Waals surface area contributed by atoms with Gasteiger partial charge in [-0.15, -0.1) is 0 Å². The molecule has 1 aromatic heterocycles. The van der Waals surface area contributed by atoms with Gasteiger partial charge in [-0.05, 0) is 37.2 Å². The Morgan fingerprint density at radius 3 is 2.69 bits per heavy atom. The van der Waals surface area contributed by atoms with Crippen molar-refractivity contribution in [2.24, 2.45) is 5.92 Å². The lowest BCUT2D eigenvalue weighted by molar-refractivity contribution is 0.528. The minimum absolute atomic E-state index is 0.325. The van der Waals surface area contributed by atoms with E-state index in [1.54, 1.807) is 0 Å². The van der Waals surface area contributed by atoms with E-state index in [4.69, 9.17) is 11.0 Å². The van der Waals surface area contributed by atoms with Crippen molar-refractivity contribution < 1.29 is 0 Å². The highest BCUT2D eigenvalue weighted by molar-refractivity contribution is 7.10. The number of aromatic nitrogens is 1. The fraction of sp³-hybridized carbons (Fsp3) is 0.636. The van der Waals surface area contributed by atoms with Crippen molar-refractivity contribution in [3.8, 4) is 6.07 Å². The predicted molar refractivity (Wildman–Crippen MR) is 68.4 cm³/mol. The quantitative estimate of drug-likeness (QED) is 0.827. The van der Waals surface area contributed by atoms with E-state index >= 15 is 0 Å². The molecular formula is C11H18N4S. The summed E-state index contributed by atoms with van der Waals surface area (Å²) in [7, 11) is 0. The van der Waals surface area contributed by atoms with E-state index in [1.165, 1.54) is 18.0 Å². The number of nitrogen functional groups attached to an aromatic ring is 1. The molecule has 1 atom stereocenters. The normalized spacial score (nSPS) is 12.4. The van der Waals surface area contributed by atoms with Gasteiger partial charge in [0.15, 0.2) is 5.82 Å². The van der Waals surface area contributed by atoms with Gasteiger partial charge in [-0.2, -0.15) is 9.64 Å². The van der Waals surface area contributed by atoms with Crippen molar-refractivity contribution in [1.29, 1.82) is 5.26 Å². The molecule has 0 bridgehead atoms. The molecule has 3 N–H and O–H groups in total. The molecule has 0 aromatic carbocycles. The molecule has 0 aliphatic rings. The molecule has 1 heterocycles. The highest BCUT2D eigenvalue weighted by atomic mass is 32.1. The van der Waals surface area contributed by atoms with Gasteiger partial charge >= 0.3 is 0 Å². The number of rotatable bonds is 5. The fourth-order valence-corrected chi connectivity index (χ4v) is 2.16. The van der Waals surface area contributed by atoms with Gasteiger partial charge in [0.2, 0.25) is 0 Å². The van der Waals surface area contributed by atoms with E-state index in [1.807, 2.05) is 0 Å². The lowest BCUT2D eigenvalue weighted by atomic mass is 10.0. The average molecular weight is 238 g/mol. The first-order valence-corrected chi connectivity index (χ1v) is 6.23. The SMILES string of the molecule is CC(C)CCC(C)Nc1snc(N)c1C#N. The molecule has 1 rings (SSSR count). The van der Waals surface area contributed by atoms with Crippen LogP contribution in [-0.4, -0.2) is 10.4 Å². The van der Waals surface area contributed by atoms with E-state index < -0.39 is 0 Å². The largest absolute Gasteiger partial charge is 0.382 e. The van der Waals surface area contributed by atoms with E-state index in [-0.39, 0.29) is 0 Å². The van der Waals surface area contributed by atoms with E-state index in [0.717, 1.165) is 11.4 Å². The van der Waals surface area contributed by atoms with Crippen LogP contribution in [0.3, 0.4) is 0 Å². The van der Waals surface area contributed by atoms with Crippen LogP contribution in [0.2, 0.25) is 0 Å². The van der Waals surface area contributed by atoms with Crippen LogP contribution in [0, 0.1) is 17.2 Å². The summed E-state index contributed by atoms with van der Waals surface area (Å²) < 4.78 is 3.97. The zero-order chi connectivity index (χ0) is 12.1. The molecule has 0 aliphatic carbocycles. The Morgan fingerprint density at radius 2 is 2.12 bits per heavy atom. The lowest BCUT2D eigenvalue weighted by Gasteiger charge is -2.14. The first kappa shape index (κ1) is 12.8. The van der Waals surface area contributed by atoms with Gasteiger partial charge < -0.3 is 11.1 Å². The number of hydrogen-bond acceptors (Lipinski definition) is 5. The molecule has 16 heavy (non-hydrogen) atoms. The Hall–Kier alpha value is -1.28. The smallest absolute Gasteiger partial charge is 0.157 e. The summed E-state index contributed by atoms with van der Waals surface area (Å²) in [6.07, 6.45) is 2.25. The van der Waals surface area contributed by atoms with Gasteiger partial charge in [-0.1, -0.05) is 13.8 Å². The van der Waals surface area contributed by atoms with Gasteiger partial charge in [0, 0.05) is 6.04 Å². The van der Waals surface area contributed by atoms with Gasteiger partial charge in [-0.25, -0.2) is 0 Å². The Balaban J connectivity index is 2.56. The third-order valence-corrected chi connectivity index (χ3v) is 3.18. The molecule has 0 fully saturated rings. The monoisotopic (exact) mass is 238 g/mol. The highest BCUT2D eigenvalue weighted by Crippen LogP contribution is 2.26. The molecule has 4 nitrogen and oxygen atoms in total. The fourth-order valence-electron chi connectivity index (χ4n) is 1.39. The molecule has 88 valence electrons. The number of nitrogens with one attached hydrogen (secondary N) is 1. The molecule has 1 aromatic rings. The molecule has 0 radical (unpaired) electrons. The minimum atomic E-state index is 0.325. The van der Waals surface area contributed by atoms with Gasteiger partial charge in [-0.3, -0.25) is 0 Å². The molecular weight excluding hydrogens is 220 g/mol. The van der Waals surface area contributed by atoms with Gasteiger partial charge in [0.1, 0.15) is 16.6 Å². The first-order chi connectivity index (χ1) is 7.54. The summed E-state index contributed by atoms with van der Waals surface area (Å²) in [4.78, 5) is 0. The summed E-state index contributed by atoms with van der Waals surface area (Å²) >= 11 is 1.25. The molecule has 0 spiro atoms. The van der Waals surface area contributed by atoms with Crippen molar-refractivity contribution in [3.05, 3.63) is 5.56 Å². The summed E-state index contributed by atoms with van der Waals surface area (Å²) in [5.74, 6) is 1.03. The van der Waals surface area contributed by atoms with Crippen LogP contribution in [0.5, 0.6) is 0 Å². The van der Waals surface area contributed by atoms with E-state index in [2.05, 4.69) is 36.5 Å². The maximum atomic E-state index is 8.92. The van der Waals surface area contributed by atoms with Crippen LogP contribution in [-0.2, 0) is 0 Å². The maximum absolute atomic E-state index is 8.92. The summed E-state index contributed by atoms with van der Waals surface area (Å²) in [6, 6.07) is 2.42. The minimum Gasteiger partial charge on any atom is -0.382 e. The lowest BCUT2D eigenvalue weighted by Crippen LogP contribution is -2.15. The van der Waals surface area contributed by atoms with Crippen molar-refractivity contribution in [2.75, 3.05) is 11.1 Å². The molecule has 0 amide bonds. The molecule has 0 saturated carbocycles. The van der Waals surface area contributed by atoms with Crippen molar-refractivity contribution in [3.63, 3.8) is 0 Å². The van der Waals surface area contributed by atoms with E-state index in [0.29, 0.717) is 23.3 Å². The molecule has 0 aliphatic heterocycles. The summed E-state index contributed by atoms with van der Waals surface area (Å²) in [6.45, 7) is 6.52. The van der Waals surface area contributed by atoms with E-state index in [9.17, 15) is 0 Å². The number of nitrogens with zero attached hydrogens (tertiary/aromatic N) is 2. The second-order valence-corrected chi connectivity index (χ2v) is 5.17. The van der Waals surface area contributed by atoms with Gasteiger partial charge in [0.25, 0.3) is 0 Å². The summed E-state index contributed by atoms with van der Waals surface area (Å²) in [5.41, 5.74) is 6.06. The Kier molecular flexibility index (Phi) is 4.56. The second-order valence-electron chi connectivity index (χ2n) is 4.40. The summed E-state index contributed by atoms with van der Waals surface area (Å²) in [5, 5.41) is 13.0. The highest BCUT2D eigenvalue weighted by Gasteiger charge is 2.13. The van der Waals surface area contributed by atoms with Crippen LogP contribution >= 0.6 is 11.5 Å². The van der Waals surface area contributed by atoms with Gasteiger partial charge in [0.05, 0.1) is 0 Å². The van der Waals surface area contributed by atoms with Crippen LogP contribution in [0.1, 0.15) is 39.2 Å². The first-order valence-electron chi connectivity index (χ1n) is 5.46. The third kappa shape index (κ3) is 3.38. The van der Waals surface area contributed by atoms with Crippen LogP contribution < -0.4 is 11.1 Å². The topological polar surface area (TPSA) is 74.7 Å². The Bertz CT molecular complexity index is 378. The standard InChI is InChI=1S/C11H18N4S/c1-7(2)4-5-8(3)14-11-9(6-12)10(13)15-16-11/h7-8,14H,4-5H2,1-3H3,(H2,13,15). The number of anilines is 2. The average Bonchev–Trinajstić information content (AvgIpc) is 2.56. The third-order valence-electron chi connectivity index (χ3n) is 2.38. The van der Waals surface area contributed by atoms with Crippen molar-refractivity contribution in [1.82, 2.24) is 4.37 Å². The second kappa shape index (κ2) is 5.71. The zero-order valence-corrected chi connectivity index (χ0v) is 10.8. The van der Waals surface area contributed by atoms with Crippen molar-refractivity contribution >= 4 is 22.4 Å². The number of hydrogen-bond donors (Lipinski definition) is 2. The molecule has 5 heteroatoms. The maximum Gasteiger partial charge on any atom is 0.157 e. The number of nitrogens with two attached hydrogens (primary N) is 1. The van der Waals surface area contributed by atoms with Crippen LogP contribution in [0.4, 0.5) is 10.8 Å². The Labute approximate surface area is 101 Å². The Morgan fingerprint density at radius 1 is 1.44 bits per heavy atom. The number of nitriles is 1. The predicted octanol–water partition coefficient (Wildman–Crippen LogP) is 2.83. The van der Waals surface area contributed by atoms with Crippen LogP contribution in [0.15, 0.2) is 0 Å².